The molecule has 2 aromatic rings. The molecule has 0 bridgehead atoms. The maximum atomic E-state index is 11.9. The summed E-state index contributed by atoms with van der Waals surface area (Å²) in [6, 6.07) is 0. The first kappa shape index (κ1) is 28.4. The fourth-order valence-electron chi connectivity index (χ4n) is 2.70. The van der Waals surface area contributed by atoms with Gasteiger partial charge in [0.05, 0.1) is 12.9 Å². The number of nitrogen functional groups attached to an aromatic ring is 1. The van der Waals surface area contributed by atoms with Crippen LogP contribution in [0.4, 0.5) is 5.95 Å². The van der Waals surface area contributed by atoms with Gasteiger partial charge >= 0.3 is 46.5 Å². The van der Waals surface area contributed by atoms with Crippen molar-refractivity contribution < 1.29 is 64.2 Å². The van der Waals surface area contributed by atoms with Crippen LogP contribution in [0.3, 0.4) is 0 Å². The molecule has 23 heteroatoms. The van der Waals surface area contributed by atoms with Gasteiger partial charge < -0.3 is 43.1 Å². The first-order chi connectivity index (χ1) is 14.6. The molecule has 0 aliphatic carbocycles. The Hall–Kier alpha value is -0.794. The molecule has 1 aliphatic heterocycles. The topological polar surface area (TPSA) is 299 Å². The number of aromatic amines is 1. The molecule has 1 saturated heterocycles. The maximum absolute atomic E-state index is 11.9. The summed E-state index contributed by atoms with van der Waals surface area (Å²) in [7, 11) is -16.8. The summed E-state index contributed by atoms with van der Waals surface area (Å²) in [5.74, 6) is -0.276. The molecule has 3 heterocycles. The molecule has 1 fully saturated rings. The monoisotopic (exact) mass is 549 g/mol. The summed E-state index contributed by atoms with van der Waals surface area (Å²) in [5.41, 5.74) is 4.50. The quantitative estimate of drug-likeness (QED) is 0.125. The van der Waals surface area contributed by atoms with Crippen molar-refractivity contribution in [3.8, 4) is 0 Å². The van der Waals surface area contributed by atoms with Crippen LogP contribution in [0.25, 0.3) is 11.2 Å². The largest absolute Gasteiger partial charge is 2.00 e. The summed E-state index contributed by atoms with van der Waals surface area (Å²) in [5, 5.41) is 20.4. The summed E-state index contributed by atoms with van der Waals surface area (Å²) in [6.07, 6.45) is -5.33. The van der Waals surface area contributed by atoms with Gasteiger partial charge in [-0.1, -0.05) is 0 Å². The number of nitrogens with one attached hydrogen (secondary N) is 1. The Kier molecular flexibility index (Phi) is 8.67. The van der Waals surface area contributed by atoms with Crippen molar-refractivity contribution in [2.24, 2.45) is 0 Å². The number of aliphatic hydroxyl groups excluding tert-OH is 2. The zero-order valence-electron chi connectivity index (χ0n) is 18.0. The Balaban J connectivity index is 0.00000385. The normalized spacial score (nSPS) is 27.1. The Bertz CT molecular complexity index is 1220. The molecule has 184 valence electrons. The van der Waals surface area contributed by atoms with Crippen LogP contribution in [0, 0.1) is 0 Å². The van der Waals surface area contributed by atoms with E-state index < -0.39 is 60.2 Å². The van der Waals surface area contributed by atoms with Crippen molar-refractivity contribution in [3.05, 3.63) is 16.7 Å². The van der Waals surface area contributed by atoms with Crippen molar-refractivity contribution >= 4 is 63.6 Å². The van der Waals surface area contributed by atoms with E-state index in [1.54, 1.807) is 0 Å². The second-order valence-electron chi connectivity index (χ2n) is 6.21. The van der Waals surface area contributed by atoms with Crippen LogP contribution in [0.1, 0.15) is 9.08 Å². The number of nitrogens with zero attached hydrogens (tertiary/aromatic N) is 3. The van der Waals surface area contributed by atoms with Gasteiger partial charge in [-0.3, -0.25) is 18.9 Å². The molecule has 2 unspecified atom stereocenters. The number of hydrogen-bond acceptors (Lipinski definition) is 13. The van der Waals surface area contributed by atoms with E-state index in [0.29, 0.717) is 0 Å². The van der Waals surface area contributed by atoms with Gasteiger partial charge in [0, 0.05) is 0 Å². The van der Waals surface area contributed by atoms with E-state index in [-0.39, 0.29) is 43.0 Å². The number of anilines is 1. The third-order valence-corrected chi connectivity index (χ3v) is 7.68. The van der Waals surface area contributed by atoms with Gasteiger partial charge in [-0.25, -0.2) is 18.7 Å². The Labute approximate surface area is 201 Å². The van der Waals surface area contributed by atoms with Crippen LogP contribution < -0.4 is 11.3 Å². The van der Waals surface area contributed by atoms with Crippen LogP contribution in [0.15, 0.2) is 11.1 Å². The Morgan fingerprint density at radius 1 is 1.15 bits per heavy atom. The molecule has 0 saturated carbocycles. The van der Waals surface area contributed by atoms with Crippen molar-refractivity contribution in [2.75, 3.05) is 12.3 Å². The molecule has 33 heavy (non-hydrogen) atoms. The summed E-state index contributed by atoms with van der Waals surface area (Å²) in [4.78, 5) is 57.3. The number of ether oxygens (including phenoxy) is 1. The number of rotatable bonds is 8. The second-order valence-corrected chi connectivity index (χ2v) is 10.6. The molecule has 0 radical (unpaired) electrons. The molecule has 0 spiro atoms. The minimum absolute atomic E-state index is 0. The fourth-order valence-corrected chi connectivity index (χ4v) is 5.73. The number of H-pyrrole nitrogens is 1. The number of fused-ring (bicyclic) bond motifs is 1. The predicted octanol–water partition coefficient (Wildman–Crippen LogP) is -2.49. The molecule has 19 nitrogen and oxygen atoms in total. The summed E-state index contributed by atoms with van der Waals surface area (Å²) >= 11 is 0. The van der Waals surface area contributed by atoms with Gasteiger partial charge in [0.15, 0.2) is 17.4 Å². The van der Waals surface area contributed by atoms with E-state index in [2.05, 4.69) is 28.1 Å². The van der Waals surface area contributed by atoms with E-state index in [0.717, 1.165) is 10.9 Å². The van der Waals surface area contributed by atoms with E-state index in [4.69, 9.17) is 25.2 Å². The van der Waals surface area contributed by atoms with Crippen LogP contribution in [0.2, 0.25) is 0 Å². The van der Waals surface area contributed by atoms with Crippen LogP contribution in [0.5, 0.6) is 0 Å². The Morgan fingerprint density at radius 2 is 1.79 bits per heavy atom. The van der Waals surface area contributed by atoms with E-state index >= 15 is 0 Å². The average molecular weight is 550 g/mol. The first-order valence-electron chi connectivity index (χ1n) is 8.11. The van der Waals surface area contributed by atoms with Crippen molar-refractivity contribution in [1.82, 2.24) is 19.5 Å². The predicted molar refractivity (Wildman–Crippen MR) is 106 cm³/mol. The van der Waals surface area contributed by atoms with E-state index in [1.807, 2.05) is 0 Å². The standard InChI is InChI=1S/C10H16N5O14P3.Mg.2H/c11-10-13-7-4(8(18)14-10)12-2-15(7)9-6(17)5(16)3(27-9)1-26-31(22,23)29-32(24,25)28-30(19,20)21;;;/h2-3,5-6,9,16-17H,1H2,(H,22,23)(H,24,25)(H2,19,20,21)(H3,11,13,14,18);;;/q;+2;2*-1/t3-,5-,6-,9-;;;/m1.../s1. The minimum atomic E-state index is -5.73. The molecule has 0 aromatic carbocycles. The molecular formula is C10H18MgN5O14P3. The van der Waals surface area contributed by atoms with E-state index in [1.165, 1.54) is 0 Å². The molecule has 6 atom stereocenters. The molecule has 2 aromatic heterocycles. The molecule has 3 rings (SSSR count). The maximum Gasteiger partial charge on any atom is 2.00 e. The number of aliphatic hydroxyl groups is 2. The zero-order valence-corrected chi connectivity index (χ0v) is 20.1. The smallest absolute Gasteiger partial charge is 1.00 e. The molecule has 0 amide bonds. The number of imidazole rings is 1. The van der Waals surface area contributed by atoms with Crippen molar-refractivity contribution in [2.45, 2.75) is 24.5 Å². The third kappa shape index (κ3) is 6.88. The molecule has 1 aliphatic rings. The van der Waals surface area contributed by atoms with Gasteiger partial charge in [0.25, 0.3) is 5.56 Å². The number of hydrogen-bond donors (Lipinski definition) is 8. The van der Waals surface area contributed by atoms with Crippen LogP contribution >= 0.6 is 23.5 Å². The SMILES string of the molecule is Nc1nc2c(ncn2[C@@H]2O[C@H](COP(=O)(O)OP(=O)(O)OP(=O)(O)O)[C@@H](O)[C@H]2O)c(=O)[nH]1.[H-].[H-].[Mg+2]. The molecular weight excluding hydrogens is 531 g/mol. The third-order valence-electron chi connectivity index (χ3n) is 3.88. The van der Waals surface area contributed by atoms with Gasteiger partial charge in [0.2, 0.25) is 5.95 Å². The van der Waals surface area contributed by atoms with Crippen LogP contribution in [-0.2, 0) is 31.6 Å². The first-order valence-corrected chi connectivity index (χ1v) is 12.6. The number of aromatic nitrogens is 4. The van der Waals surface area contributed by atoms with Gasteiger partial charge in [0.1, 0.15) is 18.3 Å². The molecule has 9 N–H and O–H groups in total. The zero-order chi connectivity index (χ0) is 24.1. The number of phosphoric ester groups is 1. The van der Waals surface area contributed by atoms with Crippen molar-refractivity contribution in [1.29, 1.82) is 0 Å². The number of nitrogens with two attached hydrogens (primary N) is 1. The van der Waals surface area contributed by atoms with Gasteiger partial charge in [-0.05, 0) is 0 Å². The summed E-state index contributed by atoms with van der Waals surface area (Å²) in [6.45, 7) is -1.01. The van der Waals surface area contributed by atoms with Crippen molar-refractivity contribution in [3.63, 3.8) is 0 Å². The minimum Gasteiger partial charge on any atom is -1.00 e. The number of phosphoric acid groups is 3. The second kappa shape index (κ2) is 10.1. The summed E-state index contributed by atoms with van der Waals surface area (Å²) < 4.78 is 51.6. The van der Waals surface area contributed by atoms with Crippen LogP contribution in [-0.4, -0.2) is 97.3 Å². The van der Waals surface area contributed by atoms with E-state index in [9.17, 15) is 33.6 Å². The average Bonchev–Trinajstić information content (AvgIpc) is 3.12. The Morgan fingerprint density at radius 3 is 2.39 bits per heavy atom. The van der Waals surface area contributed by atoms with Gasteiger partial charge in [-0.15, -0.1) is 0 Å². The fraction of sp³-hybridized carbons (Fsp3) is 0.500. The van der Waals surface area contributed by atoms with Gasteiger partial charge in [-0.2, -0.15) is 13.6 Å².